The third kappa shape index (κ3) is 7.98. The van der Waals surface area contributed by atoms with E-state index >= 15 is 0 Å². The zero-order chi connectivity index (χ0) is 28.2. The molecule has 0 aliphatic heterocycles. The van der Waals surface area contributed by atoms with E-state index < -0.39 is 34.6 Å². The topological polar surface area (TPSA) is 162 Å². The quantitative estimate of drug-likeness (QED) is 0.276. The van der Waals surface area contributed by atoms with Crippen molar-refractivity contribution in [3.05, 3.63) is 79.9 Å². The van der Waals surface area contributed by atoms with Gasteiger partial charge in [-0.3, -0.25) is 20.2 Å². The summed E-state index contributed by atoms with van der Waals surface area (Å²) in [5.41, 5.74) is -0.415. The van der Waals surface area contributed by atoms with Gasteiger partial charge in [0.25, 0.3) is 11.4 Å². The number of amides is 2. The van der Waals surface area contributed by atoms with E-state index in [1.807, 2.05) is 0 Å². The molecule has 0 aliphatic carbocycles. The Bertz CT molecular complexity index is 1110. The highest BCUT2D eigenvalue weighted by atomic mass is 16.8. The van der Waals surface area contributed by atoms with Gasteiger partial charge in [0.05, 0.1) is 22.3 Å². The molecule has 13 nitrogen and oxygen atoms in total. The lowest BCUT2D eigenvalue weighted by molar-refractivity contribution is -0.386. The summed E-state index contributed by atoms with van der Waals surface area (Å²) < 4.78 is 5.41. The summed E-state index contributed by atoms with van der Waals surface area (Å²) in [4.78, 5) is 65.6. The van der Waals surface area contributed by atoms with Gasteiger partial charge in [-0.25, -0.2) is 9.59 Å². The number of hydroxylamine groups is 2. The molecule has 0 unspecified atom stereocenters. The van der Waals surface area contributed by atoms with Gasteiger partial charge >= 0.3 is 12.2 Å². The molecule has 2 amide bonds. The fourth-order valence-electron chi connectivity index (χ4n) is 3.75. The average Bonchev–Trinajstić information content (AvgIpc) is 2.89. The lowest BCUT2D eigenvalue weighted by atomic mass is 9.89. The minimum Gasteiger partial charge on any atom is -0.446 e. The van der Waals surface area contributed by atoms with Crippen LogP contribution < -0.4 is 0 Å². The van der Waals surface area contributed by atoms with Crippen molar-refractivity contribution in [3.8, 4) is 0 Å². The van der Waals surface area contributed by atoms with E-state index in [-0.39, 0.29) is 47.7 Å². The van der Waals surface area contributed by atoms with Crippen molar-refractivity contribution >= 4 is 29.3 Å². The minimum absolute atomic E-state index is 0.0999. The van der Waals surface area contributed by atoms with Gasteiger partial charge in [-0.05, 0) is 27.2 Å². The SMILES string of the molecule is CCN(CC)C(=O)ON(CCCC(C)=O)C(=O)OCC(c1ccccc1[N+](=O)[O-])c1ccccc1[N+](=O)[O-]. The Labute approximate surface area is 219 Å². The molecule has 0 aliphatic rings. The molecule has 204 valence electrons. The second-order valence-corrected chi connectivity index (χ2v) is 8.20. The lowest BCUT2D eigenvalue weighted by Gasteiger charge is -2.25. The van der Waals surface area contributed by atoms with Gasteiger partial charge in [0.1, 0.15) is 12.4 Å². The van der Waals surface area contributed by atoms with Crippen molar-refractivity contribution in [1.82, 2.24) is 9.96 Å². The van der Waals surface area contributed by atoms with E-state index in [0.29, 0.717) is 18.2 Å². The summed E-state index contributed by atoms with van der Waals surface area (Å²) in [5, 5.41) is 24.1. The Hall–Kier alpha value is -4.55. The van der Waals surface area contributed by atoms with Crippen molar-refractivity contribution in [2.45, 2.75) is 39.5 Å². The van der Waals surface area contributed by atoms with Gasteiger partial charge in [0.15, 0.2) is 0 Å². The van der Waals surface area contributed by atoms with Crippen LogP contribution in [0.1, 0.15) is 50.7 Å². The Balaban J connectivity index is 2.40. The summed E-state index contributed by atoms with van der Waals surface area (Å²) in [5.74, 6) is -1.21. The number of benzene rings is 2. The zero-order valence-corrected chi connectivity index (χ0v) is 21.4. The number of nitrogens with zero attached hydrogens (tertiary/aromatic N) is 4. The van der Waals surface area contributed by atoms with Crippen molar-refractivity contribution in [3.63, 3.8) is 0 Å². The lowest BCUT2D eigenvalue weighted by Crippen LogP contribution is -2.41. The van der Waals surface area contributed by atoms with Gasteiger partial charge in [0.2, 0.25) is 0 Å². The van der Waals surface area contributed by atoms with Crippen LogP contribution in [0.3, 0.4) is 0 Å². The summed E-state index contributed by atoms with van der Waals surface area (Å²) in [6, 6.07) is 11.3. The summed E-state index contributed by atoms with van der Waals surface area (Å²) in [7, 11) is 0. The molecule has 0 saturated heterocycles. The fourth-order valence-corrected chi connectivity index (χ4v) is 3.75. The molecule has 2 aromatic carbocycles. The number of ketones is 1. The number of hydrogen-bond acceptors (Lipinski definition) is 9. The van der Waals surface area contributed by atoms with E-state index in [2.05, 4.69) is 0 Å². The van der Waals surface area contributed by atoms with Crippen LogP contribution in [0.5, 0.6) is 0 Å². The van der Waals surface area contributed by atoms with Crippen LogP contribution in [-0.4, -0.2) is 64.0 Å². The normalized spacial score (nSPS) is 10.5. The number of ether oxygens (including phenoxy) is 1. The van der Waals surface area contributed by atoms with E-state index in [1.54, 1.807) is 13.8 Å². The Morgan fingerprint density at radius 2 is 1.37 bits per heavy atom. The van der Waals surface area contributed by atoms with Crippen molar-refractivity contribution in [2.24, 2.45) is 0 Å². The number of para-hydroxylation sites is 2. The molecule has 0 heterocycles. The van der Waals surface area contributed by atoms with E-state index in [1.165, 1.54) is 60.4 Å². The van der Waals surface area contributed by atoms with Crippen LogP contribution in [0, 0.1) is 20.2 Å². The van der Waals surface area contributed by atoms with Crippen LogP contribution in [0.4, 0.5) is 21.0 Å². The molecule has 0 atom stereocenters. The molecule has 0 radical (unpaired) electrons. The molecule has 0 saturated carbocycles. The predicted octanol–water partition coefficient (Wildman–Crippen LogP) is 4.84. The molecule has 2 aromatic rings. The molecule has 0 N–H and O–H groups in total. The van der Waals surface area contributed by atoms with Gasteiger partial charge in [-0.1, -0.05) is 36.4 Å². The Morgan fingerprint density at radius 3 is 1.82 bits per heavy atom. The first-order chi connectivity index (χ1) is 18.1. The van der Waals surface area contributed by atoms with Crippen molar-refractivity contribution in [2.75, 3.05) is 26.2 Å². The van der Waals surface area contributed by atoms with Crippen LogP contribution in [0.25, 0.3) is 0 Å². The third-order valence-corrected chi connectivity index (χ3v) is 5.69. The van der Waals surface area contributed by atoms with Crippen molar-refractivity contribution < 1.29 is 33.8 Å². The molecule has 0 spiro atoms. The second-order valence-electron chi connectivity index (χ2n) is 8.20. The number of nitro benzene ring substituents is 2. The Morgan fingerprint density at radius 1 is 0.868 bits per heavy atom. The number of carbonyl (C=O) groups excluding carboxylic acids is 3. The maximum Gasteiger partial charge on any atom is 0.443 e. The molecule has 0 bridgehead atoms. The first-order valence-electron chi connectivity index (χ1n) is 12.0. The zero-order valence-electron chi connectivity index (χ0n) is 21.4. The summed E-state index contributed by atoms with van der Waals surface area (Å²) in [6.45, 7) is 4.81. The minimum atomic E-state index is -1.09. The van der Waals surface area contributed by atoms with Gasteiger partial charge in [0, 0.05) is 42.8 Å². The molecule has 0 fully saturated rings. The maximum absolute atomic E-state index is 13.0. The van der Waals surface area contributed by atoms with Crippen molar-refractivity contribution in [1.29, 1.82) is 0 Å². The Kier molecular flexibility index (Phi) is 11.1. The number of rotatable bonds is 12. The number of carbonyl (C=O) groups is 3. The first-order valence-corrected chi connectivity index (χ1v) is 12.0. The van der Waals surface area contributed by atoms with E-state index in [0.717, 1.165) is 0 Å². The summed E-state index contributed by atoms with van der Waals surface area (Å²) in [6.07, 6.45) is -1.57. The molecule has 0 aromatic heterocycles. The highest BCUT2D eigenvalue weighted by Crippen LogP contribution is 2.36. The first kappa shape index (κ1) is 29.7. The predicted molar refractivity (Wildman–Crippen MR) is 135 cm³/mol. The second kappa shape index (κ2) is 14.3. The summed E-state index contributed by atoms with van der Waals surface area (Å²) >= 11 is 0. The highest BCUT2D eigenvalue weighted by Gasteiger charge is 2.31. The van der Waals surface area contributed by atoms with Crippen LogP contribution in [-0.2, 0) is 14.4 Å². The van der Waals surface area contributed by atoms with Gasteiger partial charge in [-0.2, -0.15) is 0 Å². The highest BCUT2D eigenvalue weighted by molar-refractivity contribution is 5.75. The maximum atomic E-state index is 13.0. The number of nitro groups is 2. The fraction of sp³-hybridized carbons (Fsp3) is 0.400. The van der Waals surface area contributed by atoms with Gasteiger partial charge < -0.3 is 19.3 Å². The third-order valence-electron chi connectivity index (χ3n) is 5.69. The molecule has 38 heavy (non-hydrogen) atoms. The van der Waals surface area contributed by atoms with Crippen LogP contribution in [0.15, 0.2) is 48.5 Å². The molecular weight excluding hydrogens is 500 g/mol. The monoisotopic (exact) mass is 530 g/mol. The standard InChI is InChI=1S/C25H30N4O9/c1-4-26(5-2)24(31)38-27(16-10-11-18(3)30)25(32)37-17-21(19-12-6-8-14-22(19)28(33)34)20-13-7-9-15-23(20)29(35)36/h6-9,12-15,21H,4-5,10-11,16-17H2,1-3H3. The number of hydrogen-bond donors (Lipinski definition) is 0. The van der Waals surface area contributed by atoms with Crippen LogP contribution >= 0.6 is 0 Å². The molecule has 2 rings (SSSR count). The van der Waals surface area contributed by atoms with Crippen LogP contribution in [0.2, 0.25) is 0 Å². The van der Waals surface area contributed by atoms with E-state index in [9.17, 15) is 34.6 Å². The smallest absolute Gasteiger partial charge is 0.443 e. The largest absolute Gasteiger partial charge is 0.446 e. The molecular formula is C25H30N4O9. The molecule has 13 heteroatoms. The number of Topliss-reactive ketones (excluding diaryl/α,β-unsaturated/α-hetero) is 1. The average molecular weight is 531 g/mol. The van der Waals surface area contributed by atoms with E-state index in [4.69, 9.17) is 9.57 Å². The van der Waals surface area contributed by atoms with Gasteiger partial charge in [-0.15, -0.1) is 5.06 Å².